The molecule has 0 atom stereocenters. The highest BCUT2D eigenvalue weighted by Gasteiger charge is 2.24. The van der Waals surface area contributed by atoms with Crippen molar-refractivity contribution < 1.29 is 8.42 Å². The fraction of sp³-hybridized carbons (Fsp3) is 0.667. The first kappa shape index (κ1) is 15.0. The van der Waals surface area contributed by atoms with E-state index in [2.05, 4.69) is 14.9 Å². The first-order valence-electron chi connectivity index (χ1n) is 6.50. The first-order valence-corrected chi connectivity index (χ1v) is 8.35. The topological polar surface area (TPSA) is 69.6 Å². The lowest BCUT2D eigenvalue weighted by Gasteiger charge is -2.34. The van der Waals surface area contributed by atoms with Crippen molar-refractivity contribution in [3.63, 3.8) is 0 Å². The Kier molecular flexibility index (Phi) is 4.14. The molecule has 0 saturated carbocycles. The number of hydrogen-bond donors (Lipinski definition) is 0. The Morgan fingerprint density at radius 3 is 2.25 bits per heavy atom. The molecule has 1 aliphatic heterocycles. The van der Waals surface area contributed by atoms with Crippen LogP contribution in [0.1, 0.15) is 5.82 Å². The van der Waals surface area contributed by atoms with E-state index in [1.165, 1.54) is 10.6 Å². The van der Waals surface area contributed by atoms with Crippen LogP contribution in [0.5, 0.6) is 0 Å². The third-order valence-electron chi connectivity index (χ3n) is 3.30. The Balaban J connectivity index is 2.15. The summed E-state index contributed by atoms with van der Waals surface area (Å²) >= 11 is 0. The maximum Gasteiger partial charge on any atom is 0.211 e. The van der Waals surface area contributed by atoms with Gasteiger partial charge in [-0.25, -0.2) is 18.4 Å². The quantitative estimate of drug-likeness (QED) is 0.778. The largest absolute Gasteiger partial charge is 0.363 e. The monoisotopic (exact) mass is 299 g/mol. The van der Waals surface area contributed by atoms with E-state index in [0.29, 0.717) is 26.2 Å². The normalized spacial score (nSPS) is 17.3. The molecule has 7 nitrogen and oxygen atoms in total. The van der Waals surface area contributed by atoms with Crippen molar-refractivity contribution in [2.24, 2.45) is 0 Å². The number of aryl methyl sites for hydroxylation is 1. The van der Waals surface area contributed by atoms with Gasteiger partial charge in [0, 0.05) is 46.3 Å². The summed E-state index contributed by atoms with van der Waals surface area (Å²) in [6.45, 7) is 4.16. The molecule has 20 heavy (non-hydrogen) atoms. The van der Waals surface area contributed by atoms with E-state index in [1.54, 1.807) is 0 Å². The average Bonchev–Trinajstić information content (AvgIpc) is 2.37. The predicted molar refractivity (Wildman–Crippen MR) is 79.7 cm³/mol. The van der Waals surface area contributed by atoms with Gasteiger partial charge in [0.1, 0.15) is 17.5 Å². The van der Waals surface area contributed by atoms with Gasteiger partial charge in [-0.05, 0) is 6.92 Å². The summed E-state index contributed by atoms with van der Waals surface area (Å²) in [4.78, 5) is 12.8. The first-order chi connectivity index (χ1) is 9.27. The van der Waals surface area contributed by atoms with Crippen LogP contribution in [0, 0.1) is 6.92 Å². The minimum atomic E-state index is -3.10. The van der Waals surface area contributed by atoms with E-state index in [1.807, 2.05) is 32.0 Å². The van der Waals surface area contributed by atoms with E-state index in [9.17, 15) is 8.42 Å². The van der Waals surface area contributed by atoms with Crippen LogP contribution in [0.4, 0.5) is 11.6 Å². The smallest absolute Gasteiger partial charge is 0.211 e. The summed E-state index contributed by atoms with van der Waals surface area (Å²) in [5, 5.41) is 0. The molecule has 0 aliphatic carbocycles. The third kappa shape index (κ3) is 3.37. The molecular weight excluding hydrogens is 278 g/mol. The maximum absolute atomic E-state index is 11.5. The Morgan fingerprint density at radius 2 is 1.75 bits per heavy atom. The van der Waals surface area contributed by atoms with Crippen molar-refractivity contribution in [1.82, 2.24) is 14.3 Å². The number of sulfonamides is 1. The zero-order valence-corrected chi connectivity index (χ0v) is 13.2. The molecule has 0 aromatic carbocycles. The van der Waals surface area contributed by atoms with Crippen LogP contribution >= 0.6 is 0 Å². The van der Waals surface area contributed by atoms with Gasteiger partial charge in [-0.3, -0.25) is 0 Å². The molecule has 0 N–H and O–H groups in total. The molecule has 2 heterocycles. The summed E-state index contributed by atoms with van der Waals surface area (Å²) in [7, 11) is 0.780. The van der Waals surface area contributed by atoms with E-state index >= 15 is 0 Å². The van der Waals surface area contributed by atoms with Crippen molar-refractivity contribution in [3.8, 4) is 0 Å². The van der Waals surface area contributed by atoms with Crippen LogP contribution in [-0.2, 0) is 10.0 Å². The molecular formula is C12H21N5O2S. The highest BCUT2D eigenvalue weighted by molar-refractivity contribution is 7.88. The Morgan fingerprint density at radius 1 is 1.15 bits per heavy atom. The molecule has 2 rings (SSSR count). The van der Waals surface area contributed by atoms with Crippen LogP contribution in [-0.4, -0.2) is 69.2 Å². The zero-order valence-electron chi connectivity index (χ0n) is 12.4. The minimum Gasteiger partial charge on any atom is -0.363 e. The lowest BCUT2D eigenvalue weighted by atomic mass is 10.3. The second-order valence-electron chi connectivity index (χ2n) is 5.18. The number of hydrogen-bond acceptors (Lipinski definition) is 6. The van der Waals surface area contributed by atoms with Crippen molar-refractivity contribution in [3.05, 3.63) is 11.9 Å². The second-order valence-corrected chi connectivity index (χ2v) is 7.16. The molecule has 1 aliphatic rings. The highest BCUT2D eigenvalue weighted by atomic mass is 32.2. The van der Waals surface area contributed by atoms with Gasteiger partial charge in [-0.1, -0.05) is 0 Å². The molecule has 1 aromatic rings. The van der Waals surface area contributed by atoms with Gasteiger partial charge >= 0.3 is 0 Å². The van der Waals surface area contributed by atoms with E-state index < -0.39 is 10.0 Å². The van der Waals surface area contributed by atoms with E-state index in [-0.39, 0.29) is 0 Å². The second kappa shape index (κ2) is 5.53. The molecule has 0 radical (unpaired) electrons. The number of piperazine rings is 1. The summed E-state index contributed by atoms with van der Waals surface area (Å²) in [5.41, 5.74) is 0. The maximum atomic E-state index is 11.5. The SMILES string of the molecule is Cc1nc(N(C)C)cc(N2CCN(S(C)(=O)=O)CC2)n1. The van der Waals surface area contributed by atoms with Crippen molar-refractivity contribution in [1.29, 1.82) is 0 Å². The van der Waals surface area contributed by atoms with Crippen molar-refractivity contribution >= 4 is 21.7 Å². The molecule has 0 bridgehead atoms. The van der Waals surface area contributed by atoms with Crippen LogP contribution in [0.15, 0.2) is 6.07 Å². The van der Waals surface area contributed by atoms with Gasteiger partial charge in [0.05, 0.1) is 6.26 Å². The summed E-state index contributed by atoms with van der Waals surface area (Å²) in [6, 6.07) is 1.93. The van der Waals surface area contributed by atoms with Gasteiger partial charge in [0.15, 0.2) is 0 Å². The molecule has 1 saturated heterocycles. The van der Waals surface area contributed by atoms with Crippen molar-refractivity contribution in [2.45, 2.75) is 6.92 Å². The van der Waals surface area contributed by atoms with Crippen LogP contribution in [0.25, 0.3) is 0 Å². The van der Waals surface area contributed by atoms with Crippen LogP contribution in [0.3, 0.4) is 0 Å². The molecule has 1 aromatic heterocycles. The minimum absolute atomic E-state index is 0.499. The number of anilines is 2. The van der Waals surface area contributed by atoms with Gasteiger partial charge in [-0.2, -0.15) is 4.31 Å². The Bertz CT molecular complexity index is 580. The Hall–Kier alpha value is -1.41. The summed E-state index contributed by atoms with van der Waals surface area (Å²) in [6.07, 6.45) is 1.25. The fourth-order valence-corrected chi connectivity index (χ4v) is 3.00. The number of rotatable bonds is 3. The molecule has 0 unspecified atom stereocenters. The van der Waals surface area contributed by atoms with Crippen LogP contribution in [0.2, 0.25) is 0 Å². The fourth-order valence-electron chi connectivity index (χ4n) is 2.18. The standard InChI is InChI=1S/C12H21N5O2S/c1-10-13-11(15(2)3)9-12(14-10)16-5-7-17(8-6-16)20(4,18)19/h9H,5-8H2,1-4H3. The lowest BCUT2D eigenvalue weighted by molar-refractivity contribution is 0.387. The van der Waals surface area contributed by atoms with Gasteiger partial charge in [0.25, 0.3) is 0 Å². The summed E-state index contributed by atoms with van der Waals surface area (Å²) < 4.78 is 24.5. The lowest BCUT2D eigenvalue weighted by Crippen LogP contribution is -2.48. The van der Waals surface area contributed by atoms with Gasteiger partial charge in [0.2, 0.25) is 10.0 Å². The van der Waals surface area contributed by atoms with E-state index in [4.69, 9.17) is 0 Å². The average molecular weight is 299 g/mol. The third-order valence-corrected chi connectivity index (χ3v) is 4.60. The molecule has 112 valence electrons. The molecule has 0 spiro atoms. The Labute approximate surface area is 120 Å². The zero-order chi connectivity index (χ0) is 14.9. The van der Waals surface area contributed by atoms with Crippen LogP contribution < -0.4 is 9.80 Å². The predicted octanol–water partition coefficient (Wildman–Crippen LogP) is -0.0674. The molecule has 8 heteroatoms. The highest BCUT2D eigenvalue weighted by Crippen LogP contribution is 2.19. The van der Waals surface area contributed by atoms with Gasteiger partial charge in [-0.15, -0.1) is 0 Å². The van der Waals surface area contributed by atoms with Crippen molar-refractivity contribution in [2.75, 3.05) is 56.3 Å². The molecule has 1 fully saturated rings. The summed E-state index contributed by atoms with van der Waals surface area (Å²) in [5.74, 6) is 2.43. The van der Waals surface area contributed by atoms with E-state index in [0.717, 1.165) is 17.5 Å². The number of aromatic nitrogens is 2. The van der Waals surface area contributed by atoms with Gasteiger partial charge < -0.3 is 9.80 Å². The number of nitrogens with zero attached hydrogens (tertiary/aromatic N) is 5. The molecule has 0 amide bonds.